The van der Waals surface area contributed by atoms with Crippen LogP contribution in [0.1, 0.15) is 26.7 Å². The van der Waals surface area contributed by atoms with E-state index >= 15 is 0 Å². The van der Waals surface area contributed by atoms with Crippen molar-refractivity contribution in [2.24, 2.45) is 11.3 Å². The lowest BCUT2D eigenvalue weighted by molar-refractivity contribution is -0.419. The zero-order valence-corrected chi connectivity index (χ0v) is 9.12. The third-order valence-electron chi connectivity index (χ3n) is 3.49. The molecule has 0 spiro atoms. The molecule has 2 rings (SSSR count). The van der Waals surface area contributed by atoms with Gasteiger partial charge in [-0.15, -0.1) is 0 Å². The Hall–Kier alpha value is -1.32. The predicted molar refractivity (Wildman–Crippen MR) is 57.7 cm³/mol. The molecule has 2 aliphatic rings. The molecule has 1 aliphatic heterocycles. The fraction of sp³-hybridized carbons (Fsp3) is 0.636. The molecule has 1 unspecified atom stereocenters. The molecule has 82 valence electrons. The lowest BCUT2D eigenvalue weighted by atomic mass is 9.69. The van der Waals surface area contributed by atoms with Crippen molar-refractivity contribution in [1.29, 1.82) is 0 Å². The van der Waals surface area contributed by atoms with Gasteiger partial charge < -0.3 is 5.32 Å². The Morgan fingerprint density at radius 1 is 1.60 bits per heavy atom. The fourth-order valence-corrected chi connectivity index (χ4v) is 2.43. The average molecular weight is 208 g/mol. The van der Waals surface area contributed by atoms with Gasteiger partial charge in [-0.2, -0.15) is 0 Å². The maximum absolute atomic E-state index is 10.7. The minimum Gasteiger partial charge on any atom is -0.388 e. The van der Waals surface area contributed by atoms with E-state index in [9.17, 15) is 10.1 Å². The van der Waals surface area contributed by atoms with Gasteiger partial charge in [0.25, 0.3) is 5.70 Å². The van der Waals surface area contributed by atoms with Gasteiger partial charge in [-0.25, -0.2) is 0 Å². The molecule has 1 fully saturated rings. The summed E-state index contributed by atoms with van der Waals surface area (Å²) in [6, 6.07) is 0. The van der Waals surface area contributed by atoms with Crippen LogP contribution in [0.5, 0.6) is 0 Å². The monoisotopic (exact) mass is 208 g/mol. The van der Waals surface area contributed by atoms with Crippen molar-refractivity contribution in [3.05, 3.63) is 33.7 Å². The zero-order chi connectivity index (χ0) is 11.1. The van der Waals surface area contributed by atoms with Gasteiger partial charge in [0.2, 0.25) is 0 Å². The molecule has 0 aromatic rings. The molecule has 0 bridgehead atoms. The van der Waals surface area contributed by atoms with Crippen LogP contribution in [0.25, 0.3) is 0 Å². The Balaban J connectivity index is 2.27. The normalized spacial score (nSPS) is 28.3. The van der Waals surface area contributed by atoms with Gasteiger partial charge in [0.1, 0.15) is 0 Å². The molecule has 1 atom stereocenters. The van der Waals surface area contributed by atoms with Gasteiger partial charge in [0.05, 0.1) is 4.92 Å². The summed E-state index contributed by atoms with van der Waals surface area (Å²) in [4.78, 5) is 10.3. The molecule has 0 saturated carbocycles. The van der Waals surface area contributed by atoms with E-state index in [-0.39, 0.29) is 16.0 Å². The third-order valence-corrected chi connectivity index (χ3v) is 3.49. The Morgan fingerprint density at radius 2 is 2.33 bits per heavy atom. The van der Waals surface area contributed by atoms with Crippen molar-refractivity contribution in [2.75, 3.05) is 6.54 Å². The minimum atomic E-state index is -0.313. The molecule has 1 aliphatic carbocycles. The smallest absolute Gasteiger partial charge is 0.267 e. The largest absolute Gasteiger partial charge is 0.388 e. The Labute approximate surface area is 89.2 Å². The van der Waals surface area contributed by atoms with E-state index < -0.39 is 0 Å². The van der Waals surface area contributed by atoms with Gasteiger partial charge in [-0.05, 0) is 24.3 Å². The molecule has 1 saturated heterocycles. The highest BCUT2D eigenvalue weighted by Gasteiger charge is 2.37. The topological polar surface area (TPSA) is 55.2 Å². The lowest BCUT2D eigenvalue weighted by Crippen LogP contribution is -2.41. The van der Waals surface area contributed by atoms with Crippen LogP contribution in [0.2, 0.25) is 0 Å². The number of nitrogens with zero attached hydrogens (tertiary/aromatic N) is 1. The summed E-state index contributed by atoms with van der Waals surface area (Å²) in [5, 5.41) is 13.9. The Morgan fingerprint density at radius 3 is 3.00 bits per heavy atom. The first kappa shape index (κ1) is 10.2. The van der Waals surface area contributed by atoms with Crippen LogP contribution >= 0.6 is 0 Å². The molecule has 1 heterocycles. The van der Waals surface area contributed by atoms with E-state index in [1.165, 1.54) is 0 Å². The van der Waals surface area contributed by atoms with Crippen molar-refractivity contribution in [2.45, 2.75) is 26.7 Å². The summed E-state index contributed by atoms with van der Waals surface area (Å²) in [6.45, 7) is 5.38. The molecule has 1 N–H and O–H groups in total. The number of fused-ring (bicyclic) bond motifs is 1. The van der Waals surface area contributed by atoms with E-state index in [0.29, 0.717) is 5.92 Å². The van der Waals surface area contributed by atoms with Crippen LogP contribution in [0.15, 0.2) is 23.5 Å². The number of nitro groups is 1. The van der Waals surface area contributed by atoms with Crippen LogP contribution in [0.4, 0.5) is 0 Å². The third kappa shape index (κ3) is 1.76. The predicted octanol–water partition coefficient (Wildman–Crippen LogP) is 2.07. The standard InChI is InChI=1S/C11H16N2O2/c1-11(2)5-6-12-10-7-8(13(14)15)3-4-9(10)11/h3,7,9,12H,4-6H2,1-2H3. The zero-order valence-electron chi connectivity index (χ0n) is 9.12. The van der Waals surface area contributed by atoms with Gasteiger partial charge in [-0.3, -0.25) is 10.1 Å². The van der Waals surface area contributed by atoms with Crippen LogP contribution in [0, 0.1) is 21.4 Å². The highest BCUT2D eigenvalue weighted by Crippen LogP contribution is 2.42. The van der Waals surface area contributed by atoms with Crippen molar-refractivity contribution >= 4 is 0 Å². The molecule has 0 aromatic carbocycles. The number of hydrogen-bond acceptors (Lipinski definition) is 3. The molecular weight excluding hydrogens is 192 g/mol. The van der Waals surface area contributed by atoms with E-state index in [1.807, 2.05) is 0 Å². The highest BCUT2D eigenvalue weighted by molar-refractivity contribution is 5.27. The van der Waals surface area contributed by atoms with E-state index in [0.717, 1.165) is 25.1 Å². The van der Waals surface area contributed by atoms with Gasteiger partial charge in [0, 0.05) is 24.2 Å². The number of nitrogens with one attached hydrogen (secondary N) is 1. The van der Waals surface area contributed by atoms with Gasteiger partial charge in [0.15, 0.2) is 0 Å². The lowest BCUT2D eigenvalue weighted by Gasteiger charge is -2.41. The van der Waals surface area contributed by atoms with Gasteiger partial charge in [-0.1, -0.05) is 13.8 Å². The molecule has 0 radical (unpaired) electrons. The van der Waals surface area contributed by atoms with Crippen molar-refractivity contribution in [3.8, 4) is 0 Å². The summed E-state index contributed by atoms with van der Waals surface area (Å²) in [6.07, 6.45) is 5.33. The average Bonchev–Trinajstić information content (AvgIpc) is 2.16. The maximum Gasteiger partial charge on any atom is 0.267 e. The minimum absolute atomic E-state index is 0.228. The maximum atomic E-state index is 10.7. The molecular formula is C11H16N2O2. The first-order chi connectivity index (χ1) is 7.00. The molecule has 4 heteroatoms. The summed E-state index contributed by atoms with van der Waals surface area (Å²) >= 11 is 0. The quantitative estimate of drug-likeness (QED) is 0.530. The Kier molecular flexibility index (Phi) is 2.29. The second kappa shape index (κ2) is 3.36. The number of rotatable bonds is 1. The van der Waals surface area contributed by atoms with Gasteiger partial charge >= 0.3 is 0 Å². The summed E-state index contributed by atoms with van der Waals surface area (Å²) in [5.41, 5.74) is 1.52. The van der Waals surface area contributed by atoms with Crippen molar-refractivity contribution in [1.82, 2.24) is 5.32 Å². The van der Waals surface area contributed by atoms with Crippen LogP contribution in [-0.4, -0.2) is 11.5 Å². The number of allylic oxidation sites excluding steroid dienone is 3. The molecule has 15 heavy (non-hydrogen) atoms. The summed E-state index contributed by atoms with van der Waals surface area (Å²) < 4.78 is 0. The molecule has 0 aromatic heterocycles. The Bertz CT molecular complexity index is 356. The van der Waals surface area contributed by atoms with E-state index in [2.05, 4.69) is 19.2 Å². The van der Waals surface area contributed by atoms with Crippen LogP contribution in [0.3, 0.4) is 0 Å². The summed E-state index contributed by atoms with van der Waals surface area (Å²) in [5.74, 6) is 0.412. The van der Waals surface area contributed by atoms with Crippen molar-refractivity contribution < 1.29 is 4.92 Å². The fourth-order valence-electron chi connectivity index (χ4n) is 2.43. The molecule has 0 amide bonds. The molecule has 4 nitrogen and oxygen atoms in total. The number of piperidine rings is 1. The van der Waals surface area contributed by atoms with Crippen molar-refractivity contribution in [3.63, 3.8) is 0 Å². The second-order valence-electron chi connectivity index (χ2n) is 4.94. The van der Waals surface area contributed by atoms with Crippen LogP contribution < -0.4 is 5.32 Å². The summed E-state index contributed by atoms with van der Waals surface area (Å²) in [7, 11) is 0. The highest BCUT2D eigenvalue weighted by atomic mass is 16.6. The first-order valence-corrected chi connectivity index (χ1v) is 5.31. The first-order valence-electron chi connectivity index (χ1n) is 5.31. The van der Waals surface area contributed by atoms with E-state index in [4.69, 9.17) is 0 Å². The van der Waals surface area contributed by atoms with E-state index in [1.54, 1.807) is 12.2 Å². The SMILES string of the molecule is CC1(C)CCNC2=CC([N+](=O)[O-])=CCC21. The second-order valence-corrected chi connectivity index (χ2v) is 4.94. The van der Waals surface area contributed by atoms with Crippen LogP contribution in [-0.2, 0) is 0 Å². The number of hydrogen-bond donors (Lipinski definition) is 1.